The van der Waals surface area contributed by atoms with Crippen molar-refractivity contribution in [2.75, 3.05) is 18.4 Å². The van der Waals surface area contributed by atoms with Crippen molar-refractivity contribution in [1.82, 2.24) is 4.90 Å². The number of aryl methyl sites for hydroxylation is 1. The Morgan fingerprint density at radius 1 is 1.14 bits per heavy atom. The van der Waals surface area contributed by atoms with Crippen LogP contribution in [0, 0.1) is 6.92 Å². The first kappa shape index (κ1) is 14.6. The highest BCUT2D eigenvalue weighted by Gasteiger charge is 2.12. The standard InChI is InChI=1S/C18H24N2S/c1-14-9-12-21-18(14)15(2)19-17-7-5-16(6-8-17)13-20-10-3-4-11-20/h5-9,12,15,19H,3-4,10-11,13H2,1-2H3. The molecule has 21 heavy (non-hydrogen) atoms. The SMILES string of the molecule is Cc1ccsc1C(C)Nc1ccc(CN2CCCC2)cc1. The molecule has 1 unspecified atom stereocenters. The van der Waals surface area contributed by atoms with Crippen LogP contribution in [0.1, 0.15) is 41.8 Å². The van der Waals surface area contributed by atoms with E-state index in [1.165, 1.54) is 47.6 Å². The van der Waals surface area contributed by atoms with Gasteiger partial charge >= 0.3 is 0 Å². The Bertz CT molecular complexity index is 567. The molecule has 1 aromatic carbocycles. The summed E-state index contributed by atoms with van der Waals surface area (Å²) in [4.78, 5) is 3.97. The van der Waals surface area contributed by atoms with Crippen molar-refractivity contribution in [3.63, 3.8) is 0 Å². The van der Waals surface area contributed by atoms with Crippen LogP contribution in [0.5, 0.6) is 0 Å². The smallest absolute Gasteiger partial charge is 0.0581 e. The summed E-state index contributed by atoms with van der Waals surface area (Å²) in [6.45, 7) is 8.03. The summed E-state index contributed by atoms with van der Waals surface area (Å²) in [5.41, 5.74) is 4.01. The highest BCUT2D eigenvalue weighted by atomic mass is 32.1. The first-order valence-electron chi connectivity index (χ1n) is 7.84. The summed E-state index contributed by atoms with van der Waals surface area (Å²) in [5, 5.41) is 5.77. The fraction of sp³-hybridized carbons (Fsp3) is 0.444. The zero-order chi connectivity index (χ0) is 14.7. The third-order valence-corrected chi connectivity index (χ3v) is 5.44. The van der Waals surface area contributed by atoms with Crippen LogP contribution in [0.2, 0.25) is 0 Å². The Labute approximate surface area is 131 Å². The Kier molecular flexibility index (Phi) is 4.61. The first-order valence-corrected chi connectivity index (χ1v) is 8.72. The molecule has 1 N–H and O–H groups in total. The molecule has 0 bridgehead atoms. The van der Waals surface area contributed by atoms with E-state index in [2.05, 4.69) is 59.8 Å². The van der Waals surface area contributed by atoms with Crippen molar-refractivity contribution < 1.29 is 0 Å². The average Bonchev–Trinajstić information content (AvgIpc) is 3.12. The topological polar surface area (TPSA) is 15.3 Å². The Morgan fingerprint density at radius 3 is 2.48 bits per heavy atom. The third kappa shape index (κ3) is 3.66. The van der Waals surface area contributed by atoms with Crippen molar-refractivity contribution >= 4 is 17.0 Å². The number of thiophene rings is 1. The molecule has 3 rings (SSSR count). The van der Waals surface area contributed by atoms with E-state index in [0.29, 0.717) is 6.04 Å². The van der Waals surface area contributed by atoms with Gasteiger partial charge in [0, 0.05) is 17.1 Å². The van der Waals surface area contributed by atoms with Crippen molar-refractivity contribution in [3.8, 4) is 0 Å². The quantitative estimate of drug-likeness (QED) is 0.851. The van der Waals surface area contributed by atoms with Crippen LogP contribution in [-0.4, -0.2) is 18.0 Å². The van der Waals surface area contributed by atoms with E-state index in [-0.39, 0.29) is 0 Å². The molecule has 1 fully saturated rings. The lowest BCUT2D eigenvalue weighted by Crippen LogP contribution is -2.18. The first-order chi connectivity index (χ1) is 10.2. The molecule has 0 saturated carbocycles. The summed E-state index contributed by atoms with van der Waals surface area (Å²) >= 11 is 1.83. The largest absolute Gasteiger partial charge is 0.378 e. The molecule has 2 nitrogen and oxygen atoms in total. The molecule has 1 aliphatic heterocycles. The van der Waals surface area contributed by atoms with E-state index in [0.717, 1.165) is 6.54 Å². The van der Waals surface area contributed by atoms with Crippen LogP contribution in [0.4, 0.5) is 5.69 Å². The highest BCUT2D eigenvalue weighted by molar-refractivity contribution is 7.10. The van der Waals surface area contributed by atoms with Gasteiger partial charge in [0.25, 0.3) is 0 Å². The number of hydrogen-bond donors (Lipinski definition) is 1. The minimum atomic E-state index is 0.370. The fourth-order valence-corrected chi connectivity index (χ4v) is 3.98. The van der Waals surface area contributed by atoms with Gasteiger partial charge in [-0.1, -0.05) is 12.1 Å². The molecule has 0 aliphatic carbocycles. The van der Waals surface area contributed by atoms with Crippen molar-refractivity contribution in [3.05, 3.63) is 51.7 Å². The monoisotopic (exact) mass is 300 g/mol. The predicted octanol–water partition coefficient (Wildman–Crippen LogP) is 4.83. The maximum Gasteiger partial charge on any atom is 0.0581 e. The summed E-state index contributed by atoms with van der Waals surface area (Å²) in [6.07, 6.45) is 2.72. The average molecular weight is 300 g/mol. The van der Waals surface area contributed by atoms with Crippen LogP contribution < -0.4 is 5.32 Å². The second kappa shape index (κ2) is 6.63. The molecule has 2 aromatic rings. The van der Waals surface area contributed by atoms with Gasteiger partial charge in [-0.3, -0.25) is 4.90 Å². The van der Waals surface area contributed by atoms with Crippen LogP contribution in [0.3, 0.4) is 0 Å². The van der Waals surface area contributed by atoms with Crippen LogP contribution in [-0.2, 0) is 6.54 Å². The summed E-state index contributed by atoms with van der Waals surface area (Å²) < 4.78 is 0. The number of rotatable bonds is 5. The third-order valence-electron chi connectivity index (χ3n) is 4.24. The van der Waals surface area contributed by atoms with Gasteiger partial charge in [-0.15, -0.1) is 11.3 Å². The van der Waals surface area contributed by atoms with Crippen LogP contribution >= 0.6 is 11.3 Å². The van der Waals surface area contributed by atoms with E-state index in [1.807, 2.05) is 11.3 Å². The molecule has 3 heteroatoms. The van der Waals surface area contributed by atoms with Crippen molar-refractivity contribution in [2.45, 2.75) is 39.3 Å². The number of benzene rings is 1. The van der Waals surface area contributed by atoms with Crippen LogP contribution in [0.15, 0.2) is 35.7 Å². The van der Waals surface area contributed by atoms with Gasteiger partial charge in [0.2, 0.25) is 0 Å². The van der Waals surface area contributed by atoms with Gasteiger partial charge < -0.3 is 5.32 Å². The second-order valence-corrected chi connectivity index (χ2v) is 6.96. The van der Waals surface area contributed by atoms with Gasteiger partial charge in [0.05, 0.1) is 6.04 Å². The molecular formula is C18H24N2S. The zero-order valence-corrected chi connectivity index (χ0v) is 13.7. The molecule has 1 saturated heterocycles. The minimum Gasteiger partial charge on any atom is -0.378 e. The Balaban J connectivity index is 1.60. The summed E-state index contributed by atoms with van der Waals surface area (Å²) in [5.74, 6) is 0. The minimum absolute atomic E-state index is 0.370. The molecule has 2 heterocycles. The lowest BCUT2D eigenvalue weighted by atomic mass is 10.1. The zero-order valence-electron chi connectivity index (χ0n) is 12.9. The highest BCUT2D eigenvalue weighted by Crippen LogP contribution is 2.27. The number of nitrogens with zero attached hydrogens (tertiary/aromatic N) is 1. The molecule has 112 valence electrons. The van der Waals surface area contributed by atoms with Crippen molar-refractivity contribution in [1.29, 1.82) is 0 Å². The van der Waals surface area contributed by atoms with E-state index in [4.69, 9.17) is 0 Å². The molecule has 1 atom stereocenters. The van der Waals surface area contributed by atoms with Gasteiger partial charge in [0.15, 0.2) is 0 Å². The van der Waals surface area contributed by atoms with Gasteiger partial charge in [-0.25, -0.2) is 0 Å². The van der Waals surface area contributed by atoms with E-state index in [1.54, 1.807) is 0 Å². The Hall–Kier alpha value is -1.32. The second-order valence-electron chi connectivity index (χ2n) is 6.01. The van der Waals surface area contributed by atoms with Crippen LogP contribution in [0.25, 0.3) is 0 Å². The molecule has 0 spiro atoms. The number of likely N-dealkylation sites (tertiary alicyclic amines) is 1. The normalized spacial score (nSPS) is 17.0. The number of nitrogens with one attached hydrogen (secondary N) is 1. The lowest BCUT2D eigenvalue weighted by molar-refractivity contribution is 0.331. The van der Waals surface area contributed by atoms with Crippen molar-refractivity contribution in [2.24, 2.45) is 0 Å². The fourth-order valence-electron chi connectivity index (χ4n) is 3.05. The van der Waals surface area contributed by atoms with E-state index in [9.17, 15) is 0 Å². The van der Waals surface area contributed by atoms with Gasteiger partial charge in [-0.2, -0.15) is 0 Å². The molecule has 0 amide bonds. The molecular weight excluding hydrogens is 276 g/mol. The summed E-state index contributed by atoms with van der Waals surface area (Å²) in [6, 6.07) is 11.5. The summed E-state index contributed by atoms with van der Waals surface area (Å²) in [7, 11) is 0. The van der Waals surface area contributed by atoms with Gasteiger partial charge in [0.1, 0.15) is 0 Å². The molecule has 1 aliphatic rings. The maximum absolute atomic E-state index is 3.60. The van der Waals surface area contributed by atoms with Gasteiger partial charge in [-0.05, 0) is 74.5 Å². The van der Waals surface area contributed by atoms with E-state index < -0.39 is 0 Å². The number of hydrogen-bond acceptors (Lipinski definition) is 3. The molecule has 0 radical (unpaired) electrons. The maximum atomic E-state index is 3.60. The molecule has 1 aromatic heterocycles. The lowest BCUT2D eigenvalue weighted by Gasteiger charge is -2.17. The number of anilines is 1. The predicted molar refractivity (Wildman–Crippen MR) is 92.0 cm³/mol. The Morgan fingerprint density at radius 2 is 1.86 bits per heavy atom. The van der Waals surface area contributed by atoms with E-state index >= 15 is 0 Å².